The second kappa shape index (κ2) is 9.93. The number of piperazine rings is 1. The number of benzene rings is 2. The van der Waals surface area contributed by atoms with Crippen molar-refractivity contribution in [3.8, 4) is 5.75 Å². The largest absolute Gasteiger partial charge is 0.481 e. The van der Waals surface area contributed by atoms with Gasteiger partial charge in [0.05, 0.1) is 5.56 Å². The summed E-state index contributed by atoms with van der Waals surface area (Å²) in [6.07, 6.45) is 0.646. The second-order valence-electron chi connectivity index (χ2n) is 6.45. The number of esters is 1. The van der Waals surface area contributed by atoms with E-state index in [1.54, 1.807) is 29.2 Å². The van der Waals surface area contributed by atoms with E-state index < -0.39 is 5.97 Å². The third-order valence-corrected chi connectivity index (χ3v) is 4.79. The zero-order valence-corrected chi connectivity index (χ0v) is 16.5. The summed E-state index contributed by atoms with van der Waals surface area (Å²) < 4.78 is 10.3. The fraction of sp³-hybridized carbons (Fsp3) is 0.286. The molecule has 2 aromatic carbocycles. The van der Waals surface area contributed by atoms with Crippen molar-refractivity contribution >= 4 is 35.5 Å². The lowest BCUT2D eigenvalue weighted by molar-refractivity contribution is -0.153. The van der Waals surface area contributed by atoms with Crippen LogP contribution in [0.3, 0.4) is 0 Å². The highest BCUT2D eigenvalue weighted by molar-refractivity contribution is 6.30. The molecule has 1 amide bonds. The Labute approximate surface area is 173 Å². The van der Waals surface area contributed by atoms with Crippen molar-refractivity contribution in [2.24, 2.45) is 0 Å². The van der Waals surface area contributed by atoms with Crippen molar-refractivity contribution in [3.63, 3.8) is 0 Å². The van der Waals surface area contributed by atoms with Crippen LogP contribution in [0.4, 0.5) is 5.69 Å². The Balaban J connectivity index is 1.40. The molecule has 1 heterocycles. The minimum atomic E-state index is -0.670. The maximum atomic E-state index is 12.3. The number of nitrogens with zero attached hydrogens (tertiary/aromatic N) is 2. The van der Waals surface area contributed by atoms with E-state index in [9.17, 15) is 14.4 Å². The normalized spacial score (nSPS) is 13.7. The van der Waals surface area contributed by atoms with Crippen LogP contribution in [-0.4, -0.2) is 62.5 Å². The standard InChI is InChI=1S/C21H21ClN2O5/c22-17-5-3-6-18(12-17)23-8-10-24(11-9-23)20(26)14-29-21(27)15-28-19-7-2-1-4-16(19)13-25/h1-7,12-13H,8-11,14-15H2. The maximum absolute atomic E-state index is 12.3. The predicted octanol–water partition coefficient (Wildman–Crippen LogP) is 2.42. The maximum Gasteiger partial charge on any atom is 0.344 e. The number of carbonyl (C=O) groups excluding carboxylic acids is 3. The monoisotopic (exact) mass is 416 g/mol. The zero-order chi connectivity index (χ0) is 20.6. The molecule has 7 nitrogen and oxygen atoms in total. The Hall–Kier alpha value is -3.06. The first kappa shape index (κ1) is 20.7. The molecule has 1 saturated heterocycles. The molecule has 0 spiro atoms. The summed E-state index contributed by atoms with van der Waals surface area (Å²) >= 11 is 6.03. The Kier molecular flexibility index (Phi) is 7.08. The molecule has 0 unspecified atom stereocenters. The molecule has 0 radical (unpaired) electrons. The van der Waals surface area contributed by atoms with Crippen LogP contribution >= 0.6 is 11.6 Å². The van der Waals surface area contributed by atoms with Crippen molar-refractivity contribution in [2.75, 3.05) is 44.3 Å². The summed E-state index contributed by atoms with van der Waals surface area (Å²) in [6, 6.07) is 14.1. The van der Waals surface area contributed by atoms with Crippen LogP contribution in [0.25, 0.3) is 0 Å². The summed E-state index contributed by atoms with van der Waals surface area (Å²) in [5.74, 6) is -0.628. The van der Waals surface area contributed by atoms with Gasteiger partial charge in [-0.1, -0.05) is 29.8 Å². The summed E-state index contributed by atoms with van der Waals surface area (Å²) in [7, 11) is 0. The Morgan fingerprint density at radius 2 is 1.76 bits per heavy atom. The number of para-hydroxylation sites is 1. The SMILES string of the molecule is O=Cc1ccccc1OCC(=O)OCC(=O)N1CCN(c2cccc(Cl)c2)CC1. The molecule has 152 valence electrons. The number of rotatable bonds is 7. The first-order valence-corrected chi connectivity index (χ1v) is 9.55. The first-order chi connectivity index (χ1) is 14.1. The van der Waals surface area contributed by atoms with Gasteiger partial charge in [0, 0.05) is 36.9 Å². The quantitative estimate of drug-likeness (QED) is 0.509. The van der Waals surface area contributed by atoms with E-state index in [-0.39, 0.29) is 19.1 Å². The summed E-state index contributed by atoms with van der Waals surface area (Å²) in [5, 5.41) is 0.672. The molecular formula is C21H21ClN2O5. The fourth-order valence-corrected chi connectivity index (χ4v) is 3.19. The molecule has 1 fully saturated rings. The van der Waals surface area contributed by atoms with E-state index in [0.717, 1.165) is 5.69 Å². The van der Waals surface area contributed by atoms with E-state index in [2.05, 4.69) is 4.90 Å². The highest BCUT2D eigenvalue weighted by Crippen LogP contribution is 2.21. The van der Waals surface area contributed by atoms with Gasteiger partial charge in [0.1, 0.15) is 5.75 Å². The van der Waals surface area contributed by atoms with Gasteiger partial charge < -0.3 is 19.3 Å². The van der Waals surface area contributed by atoms with Gasteiger partial charge in [-0.3, -0.25) is 9.59 Å². The molecule has 2 aromatic rings. The fourth-order valence-electron chi connectivity index (χ4n) is 3.01. The lowest BCUT2D eigenvalue weighted by atomic mass is 10.2. The minimum Gasteiger partial charge on any atom is -0.481 e. The summed E-state index contributed by atoms with van der Waals surface area (Å²) in [6.45, 7) is 1.70. The number of anilines is 1. The number of aldehydes is 1. The van der Waals surface area contributed by atoms with E-state index in [1.807, 2.05) is 24.3 Å². The minimum absolute atomic E-state index is 0.252. The molecule has 0 bridgehead atoms. The number of ether oxygens (including phenoxy) is 2. The van der Waals surface area contributed by atoms with Crippen LogP contribution < -0.4 is 9.64 Å². The average Bonchev–Trinajstić information content (AvgIpc) is 2.76. The lowest BCUT2D eigenvalue weighted by Gasteiger charge is -2.36. The molecule has 1 aliphatic heterocycles. The van der Waals surface area contributed by atoms with Gasteiger partial charge in [-0.25, -0.2) is 4.79 Å². The first-order valence-electron chi connectivity index (χ1n) is 9.18. The van der Waals surface area contributed by atoms with Gasteiger partial charge in [0.25, 0.3) is 5.91 Å². The van der Waals surface area contributed by atoms with Crippen molar-refractivity contribution in [1.82, 2.24) is 4.90 Å². The number of amides is 1. The number of hydrogen-bond donors (Lipinski definition) is 0. The molecule has 3 rings (SSSR count). The number of hydrogen-bond acceptors (Lipinski definition) is 6. The van der Waals surface area contributed by atoms with Gasteiger partial charge >= 0.3 is 5.97 Å². The van der Waals surface area contributed by atoms with Crippen molar-refractivity contribution < 1.29 is 23.9 Å². The van der Waals surface area contributed by atoms with Crippen LogP contribution in [0.1, 0.15) is 10.4 Å². The molecule has 0 aliphatic carbocycles. The van der Waals surface area contributed by atoms with E-state index >= 15 is 0 Å². The van der Waals surface area contributed by atoms with Gasteiger partial charge in [0.15, 0.2) is 19.5 Å². The Bertz CT molecular complexity index is 881. The van der Waals surface area contributed by atoms with E-state index in [4.69, 9.17) is 21.1 Å². The van der Waals surface area contributed by atoms with Crippen molar-refractivity contribution in [2.45, 2.75) is 0 Å². The molecular weight excluding hydrogens is 396 g/mol. The topological polar surface area (TPSA) is 76.2 Å². The van der Waals surface area contributed by atoms with Gasteiger partial charge in [0.2, 0.25) is 0 Å². The number of carbonyl (C=O) groups is 3. The van der Waals surface area contributed by atoms with Gasteiger partial charge in [-0.05, 0) is 30.3 Å². The highest BCUT2D eigenvalue weighted by Gasteiger charge is 2.22. The van der Waals surface area contributed by atoms with Crippen LogP contribution in [0.2, 0.25) is 5.02 Å². The molecule has 0 aromatic heterocycles. The smallest absolute Gasteiger partial charge is 0.344 e. The molecule has 29 heavy (non-hydrogen) atoms. The Morgan fingerprint density at radius 1 is 1.00 bits per heavy atom. The molecule has 0 N–H and O–H groups in total. The zero-order valence-electron chi connectivity index (χ0n) is 15.8. The second-order valence-corrected chi connectivity index (χ2v) is 6.89. The van der Waals surface area contributed by atoms with Gasteiger partial charge in [-0.2, -0.15) is 0 Å². The molecule has 1 aliphatic rings. The van der Waals surface area contributed by atoms with Gasteiger partial charge in [-0.15, -0.1) is 0 Å². The van der Waals surface area contributed by atoms with Crippen LogP contribution in [0.15, 0.2) is 48.5 Å². The van der Waals surface area contributed by atoms with E-state index in [0.29, 0.717) is 48.8 Å². The van der Waals surface area contributed by atoms with Crippen molar-refractivity contribution in [3.05, 3.63) is 59.1 Å². The van der Waals surface area contributed by atoms with Crippen LogP contribution in [0, 0.1) is 0 Å². The highest BCUT2D eigenvalue weighted by atomic mass is 35.5. The molecule has 0 saturated carbocycles. The lowest BCUT2D eigenvalue weighted by Crippen LogP contribution is -2.50. The molecule has 0 atom stereocenters. The number of halogens is 1. The average molecular weight is 417 g/mol. The van der Waals surface area contributed by atoms with Crippen LogP contribution in [0.5, 0.6) is 5.75 Å². The van der Waals surface area contributed by atoms with Crippen LogP contribution in [-0.2, 0) is 14.3 Å². The van der Waals surface area contributed by atoms with E-state index in [1.165, 1.54) is 0 Å². The third kappa shape index (κ3) is 5.71. The van der Waals surface area contributed by atoms with Crippen molar-refractivity contribution in [1.29, 1.82) is 0 Å². The third-order valence-electron chi connectivity index (χ3n) is 4.55. The molecule has 8 heteroatoms. The Morgan fingerprint density at radius 3 is 2.48 bits per heavy atom. The summed E-state index contributed by atoms with van der Waals surface area (Å²) in [5.41, 5.74) is 1.36. The summed E-state index contributed by atoms with van der Waals surface area (Å²) in [4.78, 5) is 38.9. The predicted molar refractivity (Wildman–Crippen MR) is 109 cm³/mol.